The van der Waals surface area contributed by atoms with Gasteiger partial charge in [-0.05, 0) is 42.5 Å². The highest BCUT2D eigenvalue weighted by Gasteiger charge is 2.13. The van der Waals surface area contributed by atoms with Gasteiger partial charge in [0.15, 0.2) is 0 Å². The molecule has 0 heterocycles. The second-order valence-corrected chi connectivity index (χ2v) is 4.40. The van der Waals surface area contributed by atoms with Gasteiger partial charge < -0.3 is 21.1 Å². The molecule has 5 heteroatoms. The molecule has 0 aliphatic heterocycles. The minimum absolute atomic E-state index is 0.392. The Morgan fingerprint density at radius 3 is 2.35 bits per heavy atom. The Kier molecular flexibility index (Phi) is 3.79. The van der Waals surface area contributed by atoms with Crippen LogP contribution in [0.5, 0.6) is 5.75 Å². The number of ether oxygens (including phenoxy) is 1. The van der Waals surface area contributed by atoms with E-state index in [1.807, 2.05) is 36.2 Å². The van der Waals surface area contributed by atoms with Gasteiger partial charge in [0, 0.05) is 18.4 Å². The lowest BCUT2D eigenvalue weighted by molar-refractivity contribution is 0.100. The highest BCUT2D eigenvalue weighted by Crippen LogP contribution is 2.29. The zero-order valence-electron chi connectivity index (χ0n) is 11.5. The lowest BCUT2D eigenvalue weighted by Crippen LogP contribution is -2.18. The van der Waals surface area contributed by atoms with Crippen molar-refractivity contribution in [2.24, 2.45) is 5.73 Å². The predicted molar refractivity (Wildman–Crippen MR) is 80.4 cm³/mol. The van der Waals surface area contributed by atoms with E-state index in [0.29, 0.717) is 16.9 Å². The lowest BCUT2D eigenvalue weighted by Gasteiger charge is -2.22. The number of anilines is 3. The molecule has 2 aromatic carbocycles. The number of nitrogens with two attached hydrogens (primary N) is 2. The average Bonchev–Trinajstić information content (AvgIpc) is 2.46. The first-order valence-electron chi connectivity index (χ1n) is 6.10. The van der Waals surface area contributed by atoms with Gasteiger partial charge in [0.05, 0.1) is 18.4 Å². The monoisotopic (exact) mass is 271 g/mol. The predicted octanol–water partition coefficient (Wildman–Crippen LogP) is 2.14. The van der Waals surface area contributed by atoms with Crippen molar-refractivity contribution >= 4 is 23.0 Å². The summed E-state index contributed by atoms with van der Waals surface area (Å²) in [6.45, 7) is 0. The molecule has 0 bridgehead atoms. The van der Waals surface area contributed by atoms with E-state index in [2.05, 4.69) is 0 Å². The normalized spacial score (nSPS) is 10.1. The molecule has 20 heavy (non-hydrogen) atoms. The summed E-state index contributed by atoms with van der Waals surface area (Å²) in [6.07, 6.45) is 0. The van der Waals surface area contributed by atoms with Crippen LogP contribution in [0.25, 0.3) is 0 Å². The second-order valence-electron chi connectivity index (χ2n) is 4.40. The molecular formula is C15H17N3O2. The number of benzene rings is 2. The molecule has 0 aromatic heterocycles. The van der Waals surface area contributed by atoms with Crippen molar-refractivity contribution in [2.45, 2.75) is 0 Å². The van der Waals surface area contributed by atoms with Gasteiger partial charge in [-0.15, -0.1) is 0 Å². The lowest BCUT2D eigenvalue weighted by atomic mass is 10.1. The Hall–Kier alpha value is -2.69. The summed E-state index contributed by atoms with van der Waals surface area (Å²) in [5.41, 5.74) is 13.6. The smallest absolute Gasteiger partial charge is 0.250 e. The number of carbonyl (C=O) groups is 1. The Balaban J connectivity index is 2.41. The molecule has 104 valence electrons. The number of amides is 1. The maximum absolute atomic E-state index is 11.5. The van der Waals surface area contributed by atoms with Crippen LogP contribution >= 0.6 is 0 Å². The number of primary amides is 1. The molecule has 5 nitrogen and oxygen atoms in total. The van der Waals surface area contributed by atoms with Gasteiger partial charge >= 0.3 is 0 Å². The van der Waals surface area contributed by atoms with Crippen molar-refractivity contribution in [3.63, 3.8) is 0 Å². The second kappa shape index (κ2) is 5.52. The Morgan fingerprint density at radius 2 is 1.80 bits per heavy atom. The number of methoxy groups -OCH3 is 1. The molecule has 0 radical (unpaired) electrons. The summed E-state index contributed by atoms with van der Waals surface area (Å²) in [7, 11) is 3.48. The third kappa shape index (κ3) is 2.66. The van der Waals surface area contributed by atoms with E-state index in [1.54, 1.807) is 25.3 Å². The summed E-state index contributed by atoms with van der Waals surface area (Å²) in [5, 5.41) is 0. The maximum Gasteiger partial charge on any atom is 0.250 e. The largest absolute Gasteiger partial charge is 0.497 e. The van der Waals surface area contributed by atoms with Gasteiger partial charge in [0.2, 0.25) is 0 Å². The van der Waals surface area contributed by atoms with Crippen LogP contribution in [0.3, 0.4) is 0 Å². The molecule has 0 aliphatic carbocycles. The van der Waals surface area contributed by atoms with E-state index in [4.69, 9.17) is 16.2 Å². The third-order valence-corrected chi connectivity index (χ3v) is 3.11. The molecule has 0 atom stereocenters. The Bertz CT molecular complexity index is 624. The summed E-state index contributed by atoms with van der Waals surface area (Å²) >= 11 is 0. The highest BCUT2D eigenvalue weighted by atomic mass is 16.5. The standard InChI is InChI=1S/C15H17N3O2/c1-18(11-4-6-12(20-2)7-5-11)14-8-3-10(16)9-13(14)15(17)19/h3-9H,16H2,1-2H3,(H2,17,19). The van der Waals surface area contributed by atoms with E-state index < -0.39 is 5.91 Å². The van der Waals surface area contributed by atoms with Crippen molar-refractivity contribution < 1.29 is 9.53 Å². The maximum atomic E-state index is 11.5. The number of carbonyl (C=O) groups excluding carboxylic acids is 1. The molecule has 0 fully saturated rings. The molecular weight excluding hydrogens is 254 g/mol. The van der Waals surface area contributed by atoms with E-state index in [1.165, 1.54) is 0 Å². The minimum Gasteiger partial charge on any atom is -0.497 e. The topological polar surface area (TPSA) is 81.6 Å². The first-order valence-corrected chi connectivity index (χ1v) is 6.10. The molecule has 0 aliphatic rings. The fourth-order valence-corrected chi connectivity index (χ4v) is 1.99. The number of hydrogen-bond acceptors (Lipinski definition) is 4. The van der Waals surface area contributed by atoms with E-state index >= 15 is 0 Å². The molecule has 2 aromatic rings. The third-order valence-electron chi connectivity index (χ3n) is 3.11. The molecule has 2 rings (SSSR count). The zero-order chi connectivity index (χ0) is 14.7. The van der Waals surface area contributed by atoms with Gasteiger partial charge in [-0.3, -0.25) is 4.79 Å². The zero-order valence-corrected chi connectivity index (χ0v) is 11.5. The van der Waals surface area contributed by atoms with Crippen LogP contribution in [-0.4, -0.2) is 20.1 Å². The number of nitrogens with zero attached hydrogens (tertiary/aromatic N) is 1. The molecule has 0 saturated heterocycles. The first kappa shape index (κ1) is 13.7. The molecule has 0 spiro atoms. The van der Waals surface area contributed by atoms with Crippen LogP contribution in [-0.2, 0) is 0 Å². The van der Waals surface area contributed by atoms with E-state index in [0.717, 1.165) is 11.4 Å². The van der Waals surface area contributed by atoms with Gasteiger partial charge in [-0.2, -0.15) is 0 Å². The van der Waals surface area contributed by atoms with Crippen molar-refractivity contribution in [2.75, 3.05) is 24.8 Å². The van der Waals surface area contributed by atoms with Crippen LogP contribution in [0.15, 0.2) is 42.5 Å². The number of hydrogen-bond donors (Lipinski definition) is 2. The fourth-order valence-electron chi connectivity index (χ4n) is 1.99. The van der Waals surface area contributed by atoms with Crippen LogP contribution in [0.1, 0.15) is 10.4 Å². The van der Waals surface area contributed by atoms with Gasteiger partial charge in [-0.25, -0.2) is 0 Å². The van der Waals surface area contributed by atoms with Crippen LogP contribution in [0.4, 0.5) is 17.1 Å². The quantitative estimate of drug-likeness (QED) is 0.835. The van der Waals surface area contributed by atoms with Crippen LogP contribution in [0, 0.1) is 0 Å². The van der Waals surface area contributed by atoms with Crippen molar-refractivity contribution in [1.82, 2.24) is 0 Å². The van der Waals surface area contributed by atoms with Crippen molar-refractivity contribution in [1.29, 1.82) is 0 Å². The molecule has 1 amide bonds. The van der Waals surface area contributed by atoms with Crippen LogP contribution in [0.2, 0.25) is 0 Å². The van der Waals surface area contributed by atoms with E-state index in [9.17, 15) is 4.79 Å². The van der Waals surface area contributed by atoms with Gasteiger partial charge in [-0.1, -0.05) is 0 Å². The molecule has 4 N–H and O–H groups in total. The minimum atomic E-state index is -0.507. The fraction of sp³-hybridized carbons (Fsp3) is 0.133. The molecule has 0 unspecified atom stereocenters. The highest BCUT2D eigenvalue weighted by molar-refractivity contribution is 6.00. The van der Waals surface area contributed by atoms with Crippen molar-refractivity contribution in [3.05, 3.63) is 48.0 Å². The molecule has 0 saturated carbocycles. The number of rotatable bonds is 4. The summed E-state index contributed by atoms with van der Waals surface area (Å²) in [5.74, 6) is 0.266. The summed E-state index contributed by atoms with van der Waals surface area (Å²) in [6, 6.07) is 12.6. The van der Waals surface area contributed by atoms with Crippen molar-refractivity contribution in [3.8, 4) is 5.75 Å². The van der Waals surface area contributed by atoms with Crippen LogP contribution < -0.4 is 21.1 Å². The number of nitrogen functional groups attached to an aromatic ring is 1. The Labute approximate surface area is 117 Å². The SMILES string of the molecule is COc1ccc(N(C)c2ccc(N)cc2C(N)=O)cc1. The summed E-state index contributed by atoms with van der Waals surface area (Å²) in [4.78, 5) is 13.4. The van der Waals surface area contributed by atoms with E-state index in [-0.39, 0.29) is 0 Å². The van der Waals surface area contributed by atoms with Gasteiger partial charge in [0.1, 0.15) is 5.75 Å². The Morgan fingerprint density at radius 1 is 1.15 bits per heavy atom. The summed E-state index contributed by atoms with van der Waals surface area (Å²) < 4.78 is 5.12. The van der Waals surface area contributed by atoms with Gasteiger partial charge in [0.25, 0.3) is 5.91 Å². The first-order chi connectivity index (χ1) is 9.52. The average molecular weight is 271 g/mol.